The maximum absolute atomic E-state index is 13.4. The molecule has 2 bridgehead atoms. The number of carbonyl (C=O) groups excluding carboxylic acids is 2. The number of rotatable bonds is 4. The zero-order chi connectivity index (χ0) is 20.2. The molecule has 7 heteroatoms. The maximum atomic E-state index is 13.4. The number of likely N-dealkylation sites (tertiary alicyclic amines) is 2. The van der Waals surface area contributed by atoms with Gasteiger partial charge in [0.1, 0.15) is 17.5 Å². The highest BCUT2D eigenvalue weighted by Crippen LogP contribution is 2.52. The van der Waals surface area contributed by atoms with Gasteiger partial charge < -0.3 is 19.3 Å². The van der Waals surface area contributed by atoms with Crippen LogP contribution in [0.1, 0.15) is 26.7 Å². The monoisotopic (exact) mass is 397 g/mol. The summed E-state index contributed by atoms with van der Waals surface area (Å²) in [5, 5.41) is 0. The van der Waals surface area contributed by atoms with E-state index in [9.17, 15) is 9.59 Å². The second-order valence-electron chi connectivity index (χ2n) is 8.79. The van der Waals surface area contributed by atoms with Crippen LogP contribution in [-0.2, 0) is 14.3 Å². The summed E-state index contributed by atoms with van der Waals surface area (Å²) in [6.45, 7) is 5.84. The number of aromatic nitrogens is 1. The van der Waals surface area contributed by atoms with Crippen LogP contribution in [0.5, 0.6) is 5.75 Å². The van der Waals surface area contributed by atoms with Gasteiger partial charge in [0.05, 0.1) is 30.7 Å². The highest BCUT2D eigenvalue weighted by molar-refractivity contribution is 5.93. The van der Waals surface area contributed by atoms with Crippen molar-refractivity contribution in [3.8, 4) is 5.75 Å². The third-order valence-electron chi connectivity index (χ3n) is 6.73. The minimum Gasteiger partial charge on any atom is -0.489 e. The molecule has 2 amide bonds. The molecule has 3 saturated heterocycles. The fourth-order valence-electron chi connectivity index (χ4n) is 5.26. The van der Waals surface area contributed by atoms with Gasteiger partial charge in [0.25, 0.3) is 0 Å². The van der Waals surface area contributed by atoms with Crippen LogP contribution in [0.15, 0.2) is 36.7 Å². The number of hydrogen-bond donors (Lipinski definition) is 0. The molecule has 5 heterocycles. The molecular weight excluding hydrogens is 370 g/mol. The van der Waals surface area contributed by atoms with Gasteiger partial charge in [0.2, 0.25) is 11.8 Å². The fourth-order valence-corrected chi connectivity index (χ4v) is 5.26. The SMILES string of the molecule is CC(C)N1C[C@@]23C=C[C@@H](O2)[C@H](C(=O)N2CCC(Oc4cccnc4)CC2)[C@H]3C1=O. The Morgan fingerprint density at radius 2 is 2.14 bits per heavy atom. The normalized spacial score (nSPS) is 33.6. The van der Waals surface area contributed by atoms with Gasteiger partial charge in [-0.2, -0.15) is 0 Å². The van der Waals surface area contributed by atoms with Crippen LogP contribution in [0.25, 0.3) is 0 Å². The maximum Gasteiger partial charge on any atom is 0.230 e. The summed E-state index contributed by atoms with van der Waals surface area (Å²) < 4.78 is 12.2. The van der Waals surface area contributed by atoms with E-state index in [1.165, 1.54) is 0 Å². The van der Waals surface area contributed by atoms with Crippen molar-refractivity contribution in [2.24, 2.45) is 11.8 Å². The first-order valence-electron chi connectivity index (χ1n) is 10.5. The van der Waals surface area contributed by atoms with Crippen LogP contribution in [0.2, 0.25) is 0 Å². The van der Waals surface area contributed by atoms with E-state index in [1.807, 2.05) is 47.9 Å². The van der Waals surface area contributed by atoms with Gasteiger partial charge in [0, 0.05) is 38.2 Å². The Hall–Kier alpha value is -2.41. The Bertz CT molecular complexity index is 834. The molecule has 4 aliphatic rings. The van der Waals surface area contributed by atoms with Crippen LogP contribution in [0.3, 0.4) is 0 Å². The predicted octanol–water partition coefficient (Wildman–Crippen LogP) is 1.64. The van der Waals surface area contributed by atoms with E-state index in [0.29, 0.717) is 19.6 Å². The quantitative estimate of drug-likeness (QED) is 0.723. The standard InChI is InChI=1S/C22H27N3O4/c1-14(2)25-13-22-8-5-17(29-22)18(19(22)21(25)27)20(26)24-10-6-15(7-11-24)28-16-4-3-9-23-12-16/h3-5,8-9,12,14-15,17-19H,6-7,10-11,13H2,1-2H3/t17-,18+,19+,22-/m1/s1. The second-order valence-corrected chi connectivity index (χ2v) is 8.79. The van der Waals surface area contributed by atoms with E-state index in [-0.39, 0.29) is 30.1 Å². The van der Waals surface area contributed by atoms with E-state index in [0.717, 1.165) is 18.6 Å². The van der Waals surface area contributed by atoms with Gasteiger partial charge in [-0.05, 0) is 26.0 Å². The van der Waals surface area contributed by atoms with Crippen molar-refractivity contribution in [3.63, 3.8) is 0 Å². The predicted molar refractivity (Wildman–Crippen MR) is 105 cm³/mol. The molecule has 5 rings (SSSR count). The number of pyridine rings is 1. The first kappa shape index (κ1) is 18.6. The lowest BCUT2D eigenvalue weighted by Crippen LogP contribution is -2.49. The summed E-state index contributed by atoms with van der Waals surface area (Å²) in [5.41, 5.74) is -0.617. The second kappa shape index (κ2) is 6.83. The minimum absolute atomic E-state index is 0.0463. The van der Waals surface area contributed by atoms with Crippen LogP contribution >= 0.6 is 0 Å². The molecule has 1 spiro atoms. The van der Waals surface area contributed by atoms with Crippen LogP contribution in [0, 0.1) is 11.8 Å². The molecule has 0 unspecified atom stereocenters. The summed E-state index contributed by atoms with van der Waals surface area (Å²) in [7, 11) is 0. The molecule has 1 aromatic heterocycles. The van der Waals surface area contributed by atoms with Gasteiger partial charge >= 0.3 is 0 Å². The van der Waals surface area contributed by atoms with Crippen molar-refractivity contribution in [2.45, 2.75) is 50.5 Å². The Morgan fingerprint density at radius 1 is 1.34 bits per heavy atom. The molecule has 7 nitrogen and oxygen atoms in total. The fraction of sp³-hybridized carbons (Fsp3) is 0.591. The highest BCUT2D eigenvalue weighted by atomic mass is 16.5. The number of carbonyl (C=O) groups is 2. The third-order valence-corrected chi connectivity index (χ3v) is 6.73. The molecule has 0 saturated carbocycles. The van der Waals surface area contributed by atoms with Gasteiger partial charge in [-0.3, -0.25) is 14.6 Å². The number of ether oxygens (including phenoxy) is 2. The lowest BCUT2D eigenvalue weighted by Gasteiger charge is -2.35. The number of piperidine rings is 1. The molecule has 29 heavy (non-hydrogen) atoms. The first-order chi connectivity index (χ1) is 14.0. The number of nitrogens with zero attached hydrogens (tertiary/aromatic N) is 3. The Kier molecular flexibility index (Phi) is 4.38. The average Bonchev–Trinajstić information content (AvgIpc) is 3.37. The lowest BCUT2D eigenvalue weighted by molar-refractivity contribution is -0.145. The summed E-state index contributed by atoms with van der Waals surface area (Å²) >= 11 is 0. The van der Waals surface area contributed by atoms with Gasteiger partial charge in [-0.15, -0.1) is 0 Å². The molecule has 0 N–H and O–H groups in total. The van der Waals surface area contributed by atoms with Crippen LogP contribution < -0.4 is 4.74 Å². The van der Waals surface area contributed by atoms with E-state index in [1.54, 1.807) is 12.4 Å². The third kappa shape index (κ3) is 2.94. The van der Waals surface area contributed by atoms with Gasteiger partial charge in [-0.25, -0.2) is 0 Å². The zero-order valence-electron chi connectivity index (χ0n) is 16.9. The van der Waals surface area contributed by atoms with Crippen molar-refractivity contribution >= 4 is 11.8 Å². The van der Waals surface area contributed by atoms with Crippen molar-refractivity contribution in [3.05, 3.63) is 36.7 Å². The molecule has 154 valence electrons. The highest BCUT2D eigenvalue weighted by Gasteiger charge is 2.67. The summed E-state index contributed by atoms with van der Waals surface area (Å²) in [6, 6.07) is 3.86. The Morgan fingerprint density at radius 3 is 2.83 bits per heavy atom. The first-order valence-corrected chi connectivity index (χ1v) is 10.5. The molecule has 3 fully saturated rings. The molecular formula is C22H27N3O4. The van der Waals surface area contributed by atoms with E-state index < -0.39 is 17.4 Å². The average molecular weight is 397 g/mol. The van der Waals surface area contributed by atoms with Crippen LogP contribution in [0.4, 0.5) is 0 Å². The number of amides is 2. The lowest BCUT2D eigenvalue weighted by atomic mass is 9.76. The molecule has 1 aromatic rings. The zero-order valence-corrected chi connectivity index (χ0v) is 16.9. The molecule has 0 aliphatic carbocycles. The van der Waals surface area contributed by atoms with E-state index in [2.05, 4.69) is 4.98 Å². The number of hydrogen-bond acceptors (Lipinski definition) is 5. The molecule has 0 aromatic carbocycles. The summed E-state index contributed by atoms with van der Waals surface area (Å²) in [4.78, 5) is 34.3. The Balaban J connectivity index is 1.26. The minimum atomic E-state index is -0.617. The van der Waals surface area contributed by atoms with Crippen molar-refractivity contribution in [1.82, 2.24) is 14.8 Å². The van der Waals surface area contributed by atoms with Crippen molar-refractivity contribution in [1.29, 1.82) is 0 Å². The molecule has 4 atom stereocenters. The topological polar surface area (TPSA) is 72.0 Å². The van der Waals surface area contributed by atoms with Gasteiger partial charge in [0.15, 0.2) is 0 Å². The Labute approximate surface area is 170 Å². The summed E-state index contributed by atoms with van der Waals surface area (Å²) in [6.07, 6.45) is 8.77. The van der Waals surface area contributed by atoms with Crippen LogP contribution in [-0.4, -0.2) is 70.1 Å². The van der Waals surface area contributed by atoms with Crippen molar-refractivity contribution in [2.75, 3.05) is 19.6 Å². The molecule has 4 aliphatic heterocycles. The smallest absolute Gasteiger partial charge is 0.230 e. The van der Waals surface area contributed by atoms with Crippen molar-refractivity contribution < 1.29 is 19.1 Å². The van der Waals surface area contributed by atoms with E-state index in [4.69, 9.17) is 9.47 Å². The molecule has 0 radical (unpaired) electrons. The summed E-state index contributed by atoms with van der Waals surface area (Å²) in [5.74, 6) is 0.0602. The van der Waals surface area contributed by atoms with E-state index >= 15 is 0 Å². The number of fused-ring (bicyclic) bond motifs is 1. The largest absolute Gasteiger partial charge is 0.489 e. The van der Waals surface area contributed by atoms with Gasteiger partial charge in [-0.1, -0.05) is 12.2 Å².